The molecule has 1 aliphatic rings. The van der Waals surface area contributed by atoms with E-state index < -0.39 is 6.04 Å². The van der Waals surface area contributed by atoms with Crippen molar-refractivity contribution in [1.29, 1.82) is 0 Å². The lowest BCUT2D eigenvalue weighted by atomic mass is 10.1. The van der Waals surface area contributed by atoms with Gasteiger partial charge in [-0.2, -0.15) is 0 Å². The number of carbonyl (C=O) groups is 3. The molecule has 1 aromatic carbocycles. The summed E-state index contributed by atoms with van der Waals surface area (Å²) in [6.45, 7) is 0.712. The van der Waals surface area contributed by atoms with Gasteiger partial charge in [-0.15, -0.1) is 11.3 Å². The molecular weight excluding hydrogens is 364 g/mol. The third-order valence-electron chi connectivity index (χ3n) is 4.55. The van der Waals surface area contributed by atoms with Crippen LogP contribution in [0, 0.1) is 0 Å². The number of hydrogen-bond donors (Lipinski definition) is 1. The molecule has 1 saturated heterocycles. The molecule has 1 aliphatic heterocycles. The number of amides is 2. The number of rotatable bonds is 6. The number of ether oxygens (including phenoxy) is 1. The molecule has 0 bridgehead atoms. The van der Waals surface area contributed by atoms with Gasteiger partial charge in [-0.1, -0.05) is 6.07 Å². The summed E-state index contributed by atoms with van der Waals surface area (Å²) in [7, 11) is 1.33. The smallest absolute Gasteiger partial charge is 0.307 e. The van der Waals surface area contributed by atoms with Gasteiger partial charge in [-0.05, 0) is 48.6 Å². The second-order valence-corrected chi connectivity index (χ2v) is 7.35. The maximum Gasteiger partial charge on any atom is 0.307 e. The van der Waals surface area contributed by atoms with E-state index in [4.69, 9.17) is 4.74 Å². The SMILES string of the molecule is COC(=O)CC(NC(=O)c1ccc(N2CCCCC2=O)cc1)c1cccs1. The summed E-state index contributed by atoms with van der Waals surface area (Å²) in [5, 5.41) is 4.80. The van der Waals surface area contributed by atoms with Gasteiger partial charge in [0.05, 0.1) is 19.6 Å². The zero-order valence-electron chi connectivity index (χ0n) is 15.1. The van der Waals surface area contributed by atoms with Crippen LogP contribution in [-0.2, 0) is 14.3 Å². The van der Waals surface area contributed by atoms with E-state index in [0.29, 0.717) is 18.5 Å². The van der Waals surface area contributed by atoms with Crippen LogP contribution < -0.4 is 10.2 Å². The number of nitrogens with zero attached hydrogens (tertiary/aromatic N) is 1. The van der Waals surface area contributed by atoms with Crippen LogP contribution in [0.25, 0.3) is 0 Å². The van der Waals surface area contributed by atoms with Gasteiger partial charge in [0.1, 0.15) is 0 Å². The Labute approximate surface area is 162 Å². The van der Waals surface area contributed by atoms with Crippen molar-refractivity contribution in [2.45, 2.75) is 31.7 Å². The lowest BCUT2D eigenvalue weighted by Gasteiger charge is -2.26. The molecule has 2 aromatic rings. The number of thiophene rings is 1. The summed E-state index contributed by atoms with van der Waals surface area (Å²) in [6.07, 6.45) is 2.56. The van der Waals surface area contributed by atoms with Crippen LogP contribution in [0.15, 0.2) is 41.8 Å². The van der Waals surface area contributed by atoms with Gasteiger partial charge >= 0.3 is 5.97 Å². The molecule has 1 aromatic heterocycles. The first kappa shape index (κ1) is 19.1. The fourth-order valence-electron chi connectivity index (χ4n) is 3.08. The van der Waals surface area contributed by atoms with Crippen molar-refractivity contribution in [2.24, 2.45) is 0 Å². The Bertz CT molecular complexity index is 802. The topological polar surface area (TPSA) is 75.7 Å². The molecule has 7 heteroatoms. The van der Waals surface area contributed by atoms with E-state index in [2.05, 4.69) is 5.32 Å². The number of benzene rings is 1. The second kappa shape index (κ2) is 8.81. The molecule has 1 unspecified atom stereocenters. The molecule has 0 spiro atoms. The standard InChI is InChI=1S/C20H22N2O4S/c1-26-19(24)13-16(17-5-4-12-27-17)21-20(25)14-7-9-15(10-8-14)22-11-3-2-6-18(22)23/h4-5,7-10,12,16H,2-3,6,11,13H2,1H3,(H,21,25). The molecule has 27 heavy (non-hydrogen) atoms. The van der Waals surface area contributed by atoms with Crippen LogP contribution in [0.1, 0.15) is 47.0 Å². The van der Waals surface area contributed by atoms with Crippen LogP contribution in [0.2, 0.25) is 0 Å². The molecule has 0 saturated carbocycles. The lowest BCUT2D eigenvalue weighted by molar-refractivity contribution is -0.141. The van der Waals surface area contributed by atoms with Gasteiger partial charge in [0.25, 0.3) is 5.91 Å². The minimum Gasteiger partial charge on any atom is -0.469 e. The highest BCUT2D eigenvalue weighted by molar-refractivity contribution is 7.10. The van der Waals surface area contributed by atoms with E-state index in [9.17, 15) is 14.4 Å². The molecule has 2 amide bonds. The van der Waals surface area contributed by atoms with E-state index in [0.717, 1.165) is 23.4 Å². The van der Waals surface area contributed by atoms with E-state index in [1.54, 1.807) is 29.2 Å². The van der Waals surface area contributed by atoms with Crippen molar-refractivity contribution in [3.63, 3.8) is 0 Å². The maximum absolute atomic E-state index is 12.6. The number of anilines is 1. The van der Waals surface area contributed by atoms with Gasteiger partial charge in [0, 0.05) is 29.1 Å². The number of hydrogen-bond acceptors (Lipinski definition) is 5. The summed E-state index contributed by atoms with van der Waals surface area (Å²) < 4.78 is 4.74. The zero-order chi connectivity index (χ0) is 19.2. The summed E-state index contributed by atoms with van der Waals surface area (Å²) in [5.41, 5.74) is 1.29. The van der Waals surface area contributed by atoms with Crippen LogP contribution in [0.5, 0.6) is 0 Å². The van der Waals surface area contributed by atoms with Gasteiger partial charge in [0.2, 0.25) is 5.91 Å². The number of piperidine rings is 1. The van der Waals surface area contributed by atoms with Gasteiger partial charge < -0.3 is 15.0 Å². The van der Waals surface area contributed by atoms with Gasteiger partial charge in [-0.3, -0.25) is 14.4 Å². The highest BCUT2D eigenvalue weighted by atomic mass is 32.1. The normalized spacial score (nSPS) is 15.3. The minimum absolute atomic E-state index is 0.0725. The average Bonchev–Trinajstić information content (AvgIpc) is 3.22. The first-order valence-corrected chi connectivity index (χ1v) is 9.78. The van der Waals surface area contributed by atoms with Gasteiger partial charge in [0.15, 0.2) is 0 Å². The van der Waals surface area contributed by atoms with Crippen molar-refractivity contribution in [3.05, 3.63) is 52.2 Å². The summed E-state index contributed by atoms with van der Waals surface area (Å²) in [4.78, 5) is 39.0. The fraction of sp³-hybridized carbons (Fsp3) is 0.350. The molecule has 6 nitrogen and oxygen atoms in total. The molecule has 0 radical (unpaired) electrons. The number of esters is 1. The Kier molecular flexibility index (Phi) is 6.24. The van der Waals surface area contributed by atoms with E-state index in [1.807, 2.05) is 17.5 Å². The van der Waals surface area contributed by atoms with Crippen molar-refractivity contribution < 1.29 is 19.1 Å². The summed E-state index contributed by atoms with van der Waals surface area (Å²) >= 11 is 1.48. The molecule has 3 rings (SSSR count). The number of carbonyl (C=O) groups excluding carboxylic acids is 3. The lowest BCUT2D eigenvalue weighted by Crippen LogP contribution is -2.35. The molecule has 0 aliphatic carbocycles. The zero-order valence-corrected chi connectivity index (χ0v) is 16.0. The Hall–Kier alpha value is -2.67. The average molecular weight is 386 g/mol. The highest BCUT2D eigenvalue weighted by Gasteiger charge is 2.22. The maximum atomic E-state index is 12.6. The minimum atomic E-state index is -0.437. The van der Waals surface area contributed by atoms with Crippen LogP contribution in [0.4, 0.5) is 5.69 Å². The quantitative estimate of drug-likeness (QED) is 0.773. The molecule has 1 N–H and O–H groups in total. The predicted octanol–water partition coefficient (Wildman–Crippen LogP) is 3.30. The van der Waals surface area contributed by atoms with E-state index in [-0.39, 0.29) is 24.2 Å². The third kappa shape index (κ3) is 4.74. The Morgan fingerprint density at radius 2 is 2.00 bits per heavy atom. The summed E-state index contributed by atoms with van der Waals surface area (Å²) in [6, 6.07) is 10.3. The third-order valence-corrected chi connectivity index (χ3v) is 5.54. The van der Waals surface area contributed by atoms with Crippen molar-refractivity contribution >= 4 is 34.8 Å². The molecule has 142 valence electrons. The van der Waals surface area contributed by atoms with Crippen LogP contribution >= 0.6 is 11.3 Å². The van der Waals surface area contributed by atoms with Crippen LogP contribution in [0.3, 0.4) is 0 Å². The summed E-state index contributed by atoms with van der Waals surface area (Å²) in [5.74, 6) is -0.532. The van der Waals surface area contributed by atoms with E-state index in [1.165, 1.54) is 18.4 Å². The van der Waals surface area contributed by atoms with Gasteiger partial charge in [-0.25, -0.2) is 0 Å². The largest absolute Gasteiger partial charge is 0.469 e. The van der Waals surface area contributed by atoms with E-state index >= 15 is 0 Å². The number of nitrogens with one attached hydrogen (secondary N) is 1. The molecular formula is C20H22N2O4S. The highest BCUT2D eigenvalue weighted by Crippen LogP contribution is 2.24. The second-order valence-electron chi connectivity index (χ2n) is 6.37. The molecule has 1 atom stereocenters. The molecule has 2 heterocycles. The first-order chi connectivity index (χ1) is 13.1. The fourth-order valence-corrected chi connectivity index (χ4v) is 3.85. The Morgan fingerprint density at radius 3 is 2.63 bits per heavy atom. The van der Waals surface area contributed by atoms with Crippen molar-refractivity contribution in [3.8, 4) is 0 Å². The Balaban J connectivity index is 1.70. The predicted molar refractivity (Wildman–Crippen MR) is 104 cm³/mol. The molecule has 1 fully saturated rings. The van der Waals surface area contributed by atoms with Crippen molar-refractivity contribution in [2.75, 3.05) is 18.6 Å². The number of methoxy groups -OCH3 is 1. The Morgan fingerprint density at radius 1 is 1.22 bits per heavy atom. The van der Waals surface area contributed by atoms with Crippen molar-refractivity contribution in [1.82, 2.24) is 5.32 Å². The van der Waals surface area contributed by atoms with Crippen LogP contribution in [-0.4, -0.2) is 31.4 Å². The first-order valence-electron chi connectivity index (χ1n) is 8.90. The monoisotopic (exact) mass is 386 g/mol.